The Morgan fingerprint density at radius 3 is 0.810 bits per heavy atom. The minimum atomic E-state index is 0.0376. The minimum Gasteiger partial charge on any atom is -0.289 e. The van der Waals surface area contributed by atoms with E-state index in [-0.39, 0.29) is 5.78 Å². The Bertz CT molecular complexity index is 2960. The van der Waals surface area contributed by atoms with Gasteiger partial charge in [-0.1, -0.05) is 206 Å². The maximum absolute atomic E-state index is 15.1. The third-order valence-corrected chi connectivity index (χ3v) is 11.8. The Hall–Kier alpha value is -7.61. The maximum Gasteiger partial charge on any atom is 0.195 e. The molecule has 58 heavy (non-hydrogen) atoms. The van der Waals surface area contributed by atoms with Gasteiger partial charge >= 0.3 is 0 Å². The van der Waals surface area contributed by atoms with Crippen molar-refractivity contribution >= 4 is 71.2 Å². The van der Waals surface area contributed by atoms with Crippen LogP contribution in [0.1, 0.15) is 22.3 Å². The number of Topliss-reactive ketones (excluding diaryl/α,β-unsaturated/α-hetero) is 1. The fourth-order valence-corrected chi connectivity index (χ4v) is 9.20. The fourth-order valence-electron chi connectivity index (χ4n) is 9.20. The summed E-state index contributed by atoms with van der Waals surface area (Å²) >= 11 is 0. The lowest BCUT2D eigenvalue weighted by Crippen LogP contribution is -2.01. The molecule has 0 heterocycles. The Morgan fingerprint density at radius 2 is 0.483 bits per heavy atom. The van der Waals surface area contributed by atoms with E-state index in [1.54, 1.807) is 0 Å². The normalized spacial score (nSPS) is 13.1. The molecule has 0 N–H and O–H groups in total. The van der Waals surface area contributed by atoms with Crippen molar-refractivity contribution in [1.29, 1.82) is 0 Å². The van der Waals surface area contributed by atoms with E-state index < -0.39 is 0 Å². The van der Waals surface area contributed by atoms with Crippen LogP contribution >= 0.6 is 0 Å². The third kappa shape index (κ3) is 5.51. The SMILES string of the molecule is O=C1C(c2ccccc2)=C(c2ccc(-c3c4ccccc4cc4ccccc34)cc2)C(c2ccc(-c3c4ccccc4cc4ccccc34)cc2)=C1c1ccccc1. The van der Waals surface area contributed by atoms with Crippen LogP contribution in [0, 0.1) is 0 Å². The predicted octanol–water partition coefficient (Wildman–Crippen LogP) is 14.7. The predicted molar refractivity (Wildman–Crippen MR) is 245 cm³/mol. The van der Waals surface area contributed by atoms with Gasteiger partial charge in [-0.15, -0.1) is 0 Å². The van der Waals surface area contributed by atoms with E-state index in [1.165, 1.54) is 54.2 Å². The molecule has 0 fully saturated rings. The van der Waals surface area contributed by atoms with E-state index in [1.807, 2.05) is 36.4 Å². The highest BCUT2D eigenvalue weighted by atomic mass is 16.1. The van der Waals surface area contributed by atoms with E-state index in [4.69, 9.17) is 0 Å². The first-order chi connectivity index (χ1) is 28.7. The van der Waals surface area contributed by atoms with Crippen LogP contribution in [0.4, 0.5) is 0 Å². The molecular weight excluding hydrogens is 701 g/mol. The number of hydrogen-bond donors (Lipinski definition) is 0. The highest BCUT2D eigenvalue weighted by Crippen LogP contribution is 2.50. The average Bonchev–Trinajstić information content (AvgIpc) is 3.60. The molecule has 1 heteroatoms. The van der Waals surface area contributed by atoms with Crippen molar-refractivity contribution < 1.29 is 4.79 Å². The Morgan fingerprint density at radius 1 is 0.224 bits per heavy atom. The van der Waals surface area contributed by atoms with Gasteiger partial charge < -0.3 is 0 Å². The van der Waals surface area contributed by atoms with Gasteiger partial charge in [-0.25, -0.2) is 0 Å². The summed E-state index contributed by atoms with van der Waals surface area (Å²) in [7, 11) is 0. The van der Waals surface area contributed by atoms with Crippen molar-refractivity contribution in [3.8, 4) is 22.3 Å². The summed E-state index contributed by atoms with van der Waals surface area (Å²) in [4.78, 5) is 15.1. The van der Waals surface area contributed by atoms with Crippen LogP contribution in [0.15, 0.2) is 218 Å². The van der Waals surface area contributed by atoms with Crippen LogP contribution in [0.25, 0.3) is 87.6 Å². The smallest absolute Gasteiger partial charge is 0.195 e. The van der Waals surface area contributed by atoms with Crippen molar-refractivity contribution in [2.45, 2.75) is 0 Å². The van der Waals surface area contributed by atoms with Gasteiger partial charge in [0.15, 0.2) is 5.78 Å². The largest absolute Gasteiger partial charge is 0.289 e. The third-order valence-electron chi connectivity index (χ3n) is 11.8. The van der Waals surface area contributed by atoms with Gasteiger partial charge in [0, 0.05) is 22.3 Å². The van der Waals surface area contributed by atoms with E-state index in [0.717, 1.165) is 55.7 Å². The Labute approximate surface area is 337 Å². The first-order valence-corrected chi connectivity index (χ1v) is 19.9. The van der Waals surface area contributed by atoms with E-state index in [2.05, 4.69) is 182 Å². The van der Waals surface area contributed by atoms with Crippen LogP contribution in [-0.2, 0) is 4.79 Å². The second kappa shape index (κ2) is 13.8. The average molecular weight is 737 g/mol. The molecule has 10 aromatic carbocycles. The van der Waals surface area contributed by atoms with Crippen molar-refractivity contribution in [1.82, 2.24) is 0 Å². The van der Waals surface area contributed by atoms with Crippen LogP contribution in [-0.4, -0.2) is 5.78 Å². The zero-order valence-electron chi connectivity index (χ0n) is 31.7. The molecule has 1 aliphatic carbocycles. The van der Waals surface area contributed by atoms with Gasteiger partial charge in [0.05, 0.1) is 0 Å². The van der Waals surface area contributed by atoms with E-state index in [0.29, 0.717) is 0 Å². The molecular formula is C57H36O. The summed E-state index contributed by atoms with van der Waals surface area (Å²) in [6, 6.07) is 77.2. The number of rotatable bonds is 6. The van der Waals surface area contributed by atoms with Crippen molar-refractivity contribution in [2.24, 2.45) is 0 Å². The molecule has 0 amide bonds. The molecule has 0 aliphatic heterocycles. The molecule has 0 spiro atoms. The summed E-state index contributed by atoms with van der Waals surface area (Å²) in [6.45, 7) is 0. The lowest BCUT2D eigenvalue weighted by atomic mass is 9.86. The summed E-state index contributed by atoms with van der Waals surface area (Å²) in [5.41, 5.74) is 11.9. The van der Waals surface area contributed by atoms with Crippen molar-refractivity contribution in [3.63, 3.8) is 0 Å². The Balaban J connectivity index is 1.13. The van der Waals surface area contributed by atoms with Crippen LogP contribution in [0.2, 0.25) is 0 Å². The molecule has 0 unspecified atom stereocenters. The molecule has 270 valence electrons. The van der Waals surface area contributed by atoms with E-state index in [9.17, 15) is 0 Å². The van der Waals surface area contributed by atoms with Gasteiger partial charge in [-0.2, -0.15) is 0 Å². The molecule has 0 aromatic heterocycles. The van der Waals surface area contributed by atoms with Gasteiger partial charge in [0.2, 0.25) is 0 Å². The zero-order valence-corrected chi connectivity index (χ0v) is 31.7. The van der Waals surface area contributed by atoms with Gasteiger partial charge in [0.1, 0.15) is 0 Å². The second-order valence-electron chi connectivity index (χ2n) is 15.1. The molecule has 0 saturated carbocycles. The maximum atomic E-state index is 15.1. The van der Waals surface area contributed by atoms with Crippen molar-refractivity contribution in [2.75, 3.05) is 0 Å². The lowest BCUT2D eigenvalue weighted by molar-refractivity contribution is -0.108. The molecule has 1 aliphatic rings. The molecule has 0 radical (unpaired) electrons. The highest BCUT2D eigenvalue weighted by Gasteiger charge is 2.35. The summed E-state index contributed by atoms with van der Waals surface area (Å²) in [6.07, 6.45) is 0. The van der Waals surface area contributed by atoms with Gasteiger partial charge in [0.25, 0.3) is 0 Å². The number of carbonyl (C=O) groups is 1. The number of ketones is 1. The number of carbonyl (C=O) groups excluding carboxylic acids is 1. The molecule has 0 bridgehead atoms. The molecule has 11 rings (SSSR count). The van der Waals surface area contributed by atoms with Gasteiger partial charge in [-0.3, -0.25) is 4.79 Å². The number of benzene rings is 10. The van der Waals surface area contributed by atoms with Crippen molar-refractivity contribution in [3.05, 3.63) is 241 Å². The topological polar surface area (TPSA) is 17.1 Å². The van der Waals surface area contributed by atoms with E-state index >= 15 is 4.79 Å². The molecule has 0 saturated heterocycles. The standard InChI is InChI=1S/C57H36O/c58-57-55(37-15-3-1-4-16-37)53(41-31-27-39(28-32-41)51-47-23-11-7-19-43(47)35-44-20-8-12-24-48(44)51)54(56(57)38-17-5-2-6-18-38)42-33-29-40(30-34-42)52-49-25-13-9-21-45(49)36-46-22-10-14-26-50(46)52/h1-36H. The Kier molecular flexibility index (Phi) is 8.05. The molecule has 10 aromatic rings. The first kappa shape index (κ1) is 33.7. The molecule has 1 nitrogen and oxygen atoms in total. The molecule has 0 atom stereocenters. The fraction of sp³-hybridized carbons (Fsp3) is 0. The lowest BCUT2D eigenvalue weighted by Gasteiger charge is -2.17. The van der Waals surface area contributed by atoms with Gasteiger partial charge in [-0.05, 0) is 99.7 Å². The zero-order chi connectivity index (χ0) is 38.6. The summed E-state index contributed by atoms with van der Waals surface area (Å²) < 4.78 is 0. The number of fused-ring (bicyclic) bond motifs is 4. The van der Waals surface area contributed by atoms with Crippen LogP contribution in [0.5, 0.6) is 0 Å². The number of hydrogen-bond acceptors (Lipinski definition) is 1. The summed E-state index contributed by atoms with van der Waals surface area (Å²) in [5.74, 6) is 0.0376. The summed E-state index contributed by atoms with van der Waals surface area (Å²) in [5, 5.41) is 9.75. The number of allylic oxidation sites excluding steroid dienone is 4. The minimum absolute atomic E-state index is 0.0376. The monoisotopic (exact) mass is 736 g/mol. The second-order valence-corrected chi connectivity index (χ2v) is 15.1. The van der Waals surface area contributed by atoms with Crippen LogP contribution in [0.3, 0.4) is 0 Å². The quantitative estimate of drug-likeness (QED) is 0.155. The highest BCUT2D eigenvalue weighted by molar-refractivity contribution is 6.59. The first-order valence-electron chi connectivity index (χ1n) is 19.9. The van der Waals surface area contributed by atoms with Crippen LogP contribution < -0.4 is 0 Å².